The number of carbonyl (C=O) groups is 2. The van der Waals surface area contributed by atoms with Gasteiger partial charge in [-0.2, -0.15) is 0 Å². The number of benzene rings is 1. The Morgan fingerprint density at radius 1 is 0.931 bits per heavy atom. The van der Waals surface area contributed by atoms with E-state index in [0.29, 0.717) is 11.5 Å². The lowest BCUT2D eigenvalue weighted by atomic mass is 10.1. The molecule has 1 saturated heterocycles. The third-order valence-corrected chi connectivity index (χ3v) is 6.04. The number of carbonyl (C=O) groups excluding carboxylic acids is 2. The normalized spacial score (nSPS) is 18.4. The topological polar surface area (TPSA) is 79.3 Å². The molecule has 3 aliphatic rings. The van der Waals surface area contributed by atoms with Gasteiger partial charge in [-0.1, -0.05) is 0 Å². The number of nitrogens with one attached hydrogen (secondary N) is 2. The number of anilines is 2. The Morgan fingerprint density at radius 3 is 2.38 bits per heavy atom. The monoisotopic (exact) mass is 393 g/mol. The first-order valence-corrected chi connectivity index (χ1v) is 10.8. The highest BCUT2D eigenvalue weighted by molar-refractivity contribution is 6.05. The van der Waals surface area contributed by atoms with Crippen molar-refractivity contribution in [3.8, 4) is 0 Å². The summed E-state index contributed by atoms with van der Waals surface area (Å²) >= 11 is 0. The summed E-state index contributed by atoms with van der Waals surface area (Å²) in [4.78, 5) is 32.4. The van der Waals surface area contributed by atoms with Gasteiger partial charge in [-0.15, -0.1) is 0 Å². The summed E-state index contributed by atoms with van der Waals surface area (Å²) in [5, 5.41) is 5.96. The van der Waals surface area contributed by atoms with Crippen molar-refractivity contribution < 1.29 is 9.59 Å². The van der Waals surface area contributed by atoms with Crippen molar-refractivity contribution in [1.29, 1.82) is 0 Å². The molecule has 3 heterocycles. The maximum atomic E-state index is 13.0. The molecule has 0 bridgehead atoms. The minimum Gasteiger partial charge on any atom is -0.372 e. The predicted octanol–water partition coefficient (Wildman–Crippen LogP) is 2.96. The molecule has 1 aliphatic carbocycles. The Morgan fingerprint density at radius 2 is 1.66 bits per heavy atom. The van der Waals surface area contributed by atoms with E-state index < -0.39 is 0 Å². The molecule has 2 fully saturated rings. The second kappa shape index (κ2) is 7.54. The third-order valence-electron chi connectivity index (χ3n) is 6.04. The Kier molecular flexibility index (Phi) is 4.73. The second-order valence-electron chi connectivity index (χ2n) is 8.28. The van der Waals surface area contributed by atoms with Crippen molar-refractivity contribution >= 4 is 23.2 Å². The SMILES string of the molecule is O=C(Nc1ccc(N2CCCC2)cc1)c1nc(C(=O)NC2CC2)n2c1CCCC2. The standard InChI is InChI=1S/C22H27N5O2/c28-21(23-16-8-10-17(11-9-16)26-12-3-4-13-26)19-18-5-1-2-14-27(18)20(25-19)22(29)24-15-6-7-15/h8-11,15H,1-7,12-14H2,(H,23,28)(H,24,29). The molecule has 5 rings (SSSR count). The molecule has 7 nitrogen and oxygen atoms in total. The molecule has 2 aromatic rings. The summed E-state index contributed by atoms with van der Waals surface area (Å²) in [7, 11) is 0. The van der Waals surface area contributed by atoms with Crippen LogP contribution in [0.25, 0.3) is 0 Å². The number of hydrogen-bond donors (Lipinski definition) is 2. The summed E-state index contributed by atoms with van der Waals surface area (Å²) in [5.41, 5.74) is 3.20. The van der Waals surface area contributed by atoms with Gasteiger partial charge < -0.3 is 20.1 Å². The van der Waals surface area contributed by atoms with Gasteiger partial charge in [-0.05, 0) is 69.2 Å². The van der Waals surface area contributed by atoms with Gasteiger partial charge in [0.25, 0.3) is 11.8 Å². The maximum absolute atomic E-state index is 13.0. The van der Waals surface area contributed by atoms with Crippen molar-refractivity contribution in [3.05, 3.63) is 41.5 Å². The summed E-state index contributed by atoms with van der Waals surface area (Å²) in [5.74, 6) is -0.0270. The summed E-state index contributed by atoms with van der Waals surface area (Å²) in [6, 6.07) is 8.25. The van der Waals surface area contributed by atoms with Crippen molar-refractivity contribution in [3.63, 3.8) is 0 Å². The number of rotatable bonds is 5. The number of hydrogen-bond acceptors (Lipinski definition) is 4. The molecule has 2 aliphatic heterocycles. The molecule has 0 radical (unpaired) electrons. The molecule has 0 atom stereocenters. The van der Waals surface area contributed by atoms with Crippen LogP contribution in [0.15, 0.2) is 24.3 Å². The number of imidazole rings is 1. The highest BCUT2D eigenvalue weighted by Crippen LogP contribution is 2.25. The van der Waals surface area contributed by atoms with Crippen LogP contribution in [0.2, 0.25) is 0 Å². The summed E-state index contributed by atoms with van der Waals surface area (Å²) < 4.78 is 1.94. The Bertz CT molecular complexity index is 923. The van der Waals surface area contributed by atoms with E-state index in [0.717, 1.165) is 63.1 Å². The zero-order valence-corrected chi connectivity index (χ0v) is 16.6. The van der Waals surface area contributed by atoms with E-state index in [2.05, 4.69) is 32.7 Å². The fourth-order valence-corrected chi connectivity index (χ4v) is 4.30. The van der Waals surface area contributed by atoms with Crippen molar-refractivity contribution in [2.75, 3.05) is 23.3 Å². The van der Waals surface area contributed by atoms with E-state index in [4.69, 9.17) is 0 Å². The van der Waals surface area contributed by atoms with Crippen LogP contribution in [0.5, 0.6) is 0 Å². The fourth-order valence-electron chi connectivity index (χ4n) is 4.30. The first-order chi connectivity index (χ1) is 14.2. The zero-order valence-electron chi connectivity index (χ0n) is 16.6. The number of fused-ring (bicyclic) bond motifs is 1. The fraction of sp³-hybridized carbons (Fsp3) is 0.500. The lowest BCUT2D eigenvalue weighted by molar-refractivity contribution is 0.0935. The highest BCUT2D eigenvalue weighted by atomic mass is 16.2. The predicted molar refractivity (Wildman–Crippen MR) is 111 cm³/mol. The Hall–Kier alpha value is -2.83. The van der Waals surface area contributed by atoms with E-state index in [1.807, 2.05) is 16.7 Å². The largest absolute Gasteiger partial charge is 0.372 e. The van der Waals surface area contributed by atoms with Crippen LogP contribution in [0, 0.1) is 0 Å². The van der Waals surface area contributed by atoms with Crippen LogP contribution in [0.1, 0.15) is 65.3 Å². The summed E-state index contributed by atoms with van der Waals surface area (Å²) in [6.07, 6.45) is 7.33. The molecular weight excluding hydrogens is 366 g/mol. The smallest absolute Gasteiger partial charge is 0.287 e. The summed E-state index contributed by atoms with van der Waals surface area (Å²) in [6.45, 7) is 2.93. The lowest BCUT2D eigenvalue weighted by Crippen LogP contribution is -2.29. The first kappa shape index (κ1) is 18.2. The van der Waals surface area contributed by atoms with Crippen LogP contribution < -0.4 is 15.5 Å². The quantitative estimate of drug-likeness (QED) is 0.819. The Labute approximate surface area is 170 Å². The van der Waals surface area contributed by atoms with Crippen LogP contribution in [-0.2, 0) is 13.0 Å². The third kappa shape index (κ3) is 3.73. The minimum absolute atomic E-state index is 0.162. The molecular formula is C22H27N5O2. The minimum atomic E-state index is -0.241. The van der Waals surface area contributed by atoms with Gasteiger partial charge in [0.15, 0.2) is 11.5 Å². The molecule has 2 amide bonds. The van der Waals surface area contributed by atoms with Crippen LogP contribution >= 0.6 is 0 Å². The van der Waals surface area contributed by atoms with Crippen LogP contribution in [0.4, 0.5) is 11.4 Å². The average Bonchev–Trinajstić information content (AvgIpc) is 3.24. The highest BCUT2D eigenvalue weighted by Gasteiger charge is 2.30. The van der Waals surface area contributed by atoms with Gasteiger partial charge >= 0.3 is 0 Å². The lowest BCUT2D eigenvalue weighted by Gasteiger charge is -2.18. The van der Waals surface area contributed by atoms with E-state index in [9.17, 15) is 9.59 Å². The van der Waals surface area contributed by atoms with Crippen molar-refractivity contribution in [2.24, 2.45) is 0 Å². The van der Waals surface area contributed by atoms with E-state index in [1.54, 1.807) is 0 Å². The van der Waals surface area contributed by atoms with E-state index in [-0.39, 0.29) is 17.9 Å². The molecule has 29 heavy (non-hydrogen) atoms. The number of aromatic nitrogens is 2. The van der Waals surface area contributed by atoms with Gasteiger partial charge in [0, 0.05) is 37.1 Å². The number of nitrogens with zero attached hydrogens (tertiary/aromatic N) is 3. The van der Waals surface area contributed by atoms with Gasteiger partial charge in [0.1, 0.15) is 0 Å². The Balaban J connectivity index is 1.35. The second-order valence-corrected chi connectivity index (χ2v) is 8.28. The van der Waals surface area contributed by atoms with Gasteiger partial charge in [-0.3, -0.25) is 9.59 Å². The molecule has 1 aromatic heterocycles. The molecule has 152 valence electrons. The maximum Gasteiger partial charge on any atom is 0.287 e. The molecule has 0 spiro atoms. The first-order valence-electron chi connectivity index (χ1n) is 10.8. The molecule has 1 aromatic carbocycles. The van der Waals surface area contributed by atoms with Crippen molar-refractivity contribution in [1.82, 2.24) is 14.9 Å². The van der Waals surface area contributed by atoms with Crippen LogP contribution in [-0.4, -0.2) is 40.5 Å². The van der Waals surface area contributed by atoms with Gasteiger partial charge in [0.2, 0.25) is 0 Å². The van der Waals surface area contributed by atoms with Gasteiger partial charge in [0.05, 0.1) is 5.69 Å². The number of amides is 2. The molecule has 7 heteroatoms. The van der Waals surface area contributed by atoms with Crippen molar-refractivity contribution in [2.45, 2.75) is 57.5 Å². The van der Waals surface area contributed by atoms with Crippen LogP contribution in [0.3, 0.4) is 0 Å². The van der Waals surface area contributed by atoms with Gasteiger partial charge in [-0.25, -0.2) is 4.98 Å². The molecule has 1 saturated carbocycles. The van der Waals surface area contributed by atoms with E-state index in [1.165, 1.54) is 18.5 Å². The molecule has 2 N–H and O–H groups in total. The zero-order chi connectivity index (χ0) is 19.8. The molecule has 0 unspecified atom stereocenters. The average molecular weight is 393 g/mol. The van der Waals surface area contributed by atoms with E-state index >= 15 is 0 Å².